The van der Waals surface area contributed by atoms with E-state index < -0.39 is 7.14 Å². The molecule has 3 aromatic rings. The summed E-state index contributed by atoms with van der Waals surface area (Å²) in [6, 6.07) is 24.1. The molecule has 116 valence electrons. The van der Waals surface area contributed by atoms with Gasteiger partial charge in [0.25, 0.3) is 0 Å². The molecule has 0 aromatic heterocycles. The van der Waals surface area contributed by atoms with Crippen molar-refractivity contribution in [1.29, 1.82) is 0 Å². The van der Waals surface area contributed by atoms with Crippen molar-refractivity contribution in [3.63, 3.8) is 0 Å². The Hall–Kier alpha value is -2.02. The van der Waals surface area contributed by atoms with Gasteiger partial charge >= 0.3 is 0 Å². The third-order valence-corrected chi connectivity index (χ3v) is 7.07. The molecule has 0 aliphatic carbocycles. The molecule has 1 atom stereocenters. The van der Waals surface area contributed by atoms with E-state index in [9.17, 15) is 4.57 Å². The summed E-state index contributed by atoms with van der Waals surface area (Å²) in [5, 5.41) is 2.96. The fourth-order valence-electron chi connectivity index (χ4n) is 2.53. The first-order chi connectivity index (χ1) is 11.1. The first kappa shape index (κ1) is 15.9. The maximum Gasteiger partial charge on any atom is 0.171 e. The molecular weight excluding hydrogens is 327 g/mol. The zero-order valence-electron chi connectivity index (χ0n) is 12.6. The van der Waals surface area contributed by atoms with Crippen molar-refractivity contribution in [3.8, 4) is 5.75 Å². The van der Waals surface area contributed by atoms with Crippen LogP contribution in [-0.4, -0.2) is 7.11 Å². The van der Waals surface area contributed by atoms with Crippen molar-refractivity contribution in [3.05, 3.63) is 83.9 Å². The Labute approximate surface area is 141 Å². The maximum absolute atomic E-state index is 14.0. The van der Waals surface area contributed by atoms with E-state index in [0.29, 0.717) is 5.02 Å². The summed E-state index contributed by atoms with van der Waals surface area (Å²) in [7, 11) is -1.32. The van der Waals surface area contributed by atoms with Crippen molar-refractivity contribution in [2.45, 2.75) is 0 Å². The van der Waals surface area contributed by atoms with Gasteiger partial charge in [-0.25, -0.2) is 0 Å². The number of hydrogen-bond donors (Lipinski definition) is 0. The van der Waals surface area contributed by atoms with Crippen LogP contribution in [0, 0.1) is 0 Å². The van der Waals surface area contributed by atoms with Gasteiger partial charge in [-0.2, -0.15) is 0 Å². The molecule has 0 N–H and O–H groups in total. The predicted octanol–water partition coefficient (Wildman–Crippen LogP) is 3.99. The number of methoxy groups -OCH3 is 1. The van der Waals surface area contributed by atoms with Crippen molar-refractivity contribution in [2.24, 2.45) is 0 Å². The van der Waals surface area contributed by atoms with Crippen LogP contribution in [-0.2, 0) is 4.57 Å². The highest BCUT2D eigenvalue weighted by atomic mass is 35.5. The predicted molar refractivity (Wildman–Crippen MR) is 97.4 cm³/mol. The molecule has 0 saturated carbocycles. The van der Waals surface area contributed by atoms with Crippen LogP contribution in [0.15, 0.2) is 78.9 Å². The van der Waals surface area contributed by atoms with Crippen molar-refractivity contribution >= 4 is 34.7 Å². The lowest BCUT2D eigenvalue weighted by molar-refractivity contribution is 0.415. The topological polar surface area (TPSA) is 26.3 Å². The van der Waals surface area contributed by atoms with Crippen LogP contribution in [0.25, 0.3) is 0 Å². The molecule has 0 saturated heterocycles. The van der Waals surface area contributed by atoms with E-state index in [1.54, 1.807) is 19.2 Å². The first-order valence-corrected chi connectivity index (χ1v) is 9.29. The maximum atomic E-state index is 14.0. The Morgan fingerprint density at radius 1 is 0.739 bits per heavy atom. The Morgan fingerprint density at radius 2 is 1.22 bits per heavy atom. The van der Waals surface area contributed by atoms with Gasteiger partial charge in [0.05, 0.1) is 7.11 Å². The number of hydrogen-bond acceptors (Lipinski definition) is 2. The summed E-state index contributed by atoms with van der Waals surface area (Å²) in [4.78, 5) is 0. The number of rotatable bonds is 4. The third kappa shape index (κ3) is 3.06. The van der Waals surface area contributed by atoms with Crippen LogP contribution < -0.4 is 20.7 Å². The quantitative estimate of drug-likeness (QED) is 0.670. The normalized spacial score (nSPS) is 13.3. The van der Waals surface area contributed by atoms with Crippen molar-refractivity contribution < 1.29 is 9.30 Å². The van der Waals surface area contributed by atoms with Gasteiger partial charge in [0.2, 0.25) is 0 Å². The Kier molecular flexibility index (Phi) is 4.56. The van der Waals surface area contributed by atoms with Gasteiger partial charge in [0.15, 0.2) is 7.14 Å². The molecule has 0 spiro atoms. The second-order valence-electron chi connectivity index (χ2n) is 5.12. The summed E-state index contributed by atoms with van der Waals surface area (Å²) in [5.41, 5.74) is 0. The average molecular weight is 343 g/mol. The SMILES string of the molecule is COc1ccc(P(=O)(c2ccccc2)c2ccc(Cl)cc2)cc1. The minimum Gasteiger partial charge on any atom is -0.497 e. The van der Waals surface area contributed by atoms with E-state index in [-0.39, 0.29) is 0 Å². The van der Waals surface area contributed by atoms with Crippen LogP contribution in [0.3, 0.4) is 0 Å². The van der Waals surface area contributed by atoms with Gasteiger partial charge in [-0.15, -0.1) is 0 Å². The lowest BCUT2D eigenvalue weighted by Gasteiger charge is -2.20. The van der Waals surface area contributed by atoms with Crippen LogP contribution in [0.1, 0.15) is 0 Å². The molecule has 0 amide bonds. The summed E-state index contributed by atoms with van der Waals surface area (Å²) in [6.07, 6.45) is 0. The molecule has 2 nitrogen and oxygen atoms in total. The van der Waals surface area contributed by atoms with Crippen LogP contribution >= 0.6 is 18.7 Å². The van der Waals surface area contributed by atoms with E-state index in [1.807, 2.05) is 66.7 Å². The molecule has 0 radical (unpaired) electrons. The number of halogens is 1. The van der Waals surface area contributed by atoms with Crippen LogP contribution in [0.2, 0.25) is 5.02 Å². The Morgan fingerprint density at radius 3 is 1.74 bits per heavy atom. The van der Waals surface area contributed by atoms with E-state index in [2.05, 4.69) is 0 Å². The molecule has 4 heteroatoms. The highest BCUT2D eigenvalue weighted by Crippen LogP contribution is 2.42. The van der Waals surface area contributed by atoms with Gasteiger partial charge in [-0.05, 0) is 48.5 Å². The third-order valence-electron chi connectivity index (χ3n) is 3.75. The Bertz CT molecular complexity index is 828. The summed E-state index contributed by atoms with van der Waals surface area (Å²) in [6.45, 7) is 0. The number of ether oxygens (including phenoxy) is 1. The molecule has 0 fully saturated rings. The lowest BCUT2D eigenvalue weighted by atomic mass is 10.3. The minimum absolute atomic E-state index is 0.628. The molecule has 1 unspecified atom stereocenters. The average Bonchev–Trinajstić information content (AvgIpc) is 2.62. The van der Waals surface area contributed by atoms with Gasteiger partial charge in [0, 0.05) is 20.9 Å². The molecule has 0 bridgehead atoms. The zero-order valence-corrected chi connectivity index (χ0v) is 14.3. The highest BCUT2D eigenvalue weighted by Gasteiger charge is 2.29. The Balaban J connectivity index is 2.21. The zero-order chi connectivity index (χ0) is 16.3. The minimum atomic E-state index is -2.94. The standard InChI is InChI=1S/C19H16ClO2P/c1-22-16-9-13-19(14-10-16)23(21,17-5-3-2-4-6-17)18-11-7-15(20)8-12-18/h2-14H,1H3. The van der Waals surface area contributed by atoms with Gasteiger partial charge < -0.3 is 9.30 Å². The van der Waals surface area contributed by atoms with Gasteiger partial charge in [-0.3, -0.25) is 0 Å². The molecule has 0 aliphatic rings. The largest absolute Gasteiger partial charge is 0.497 e. The van der Waals surface area contributed by atoms with Crippen molar-refractivity contribution in [1.82, 2.24) is 0 Å². The monoisotopic (exact) mass is 342 g/mol. The van der Waals surface area contributed by atoms with Crippen LogP contribution in [0.4, 0.5) is 0 Å². The summed E-state index contributed by atoms with van der Waals surface area (Å²) < 4.78 is 19.2. The molecule has 3 rings (SSSR count). The molecule has 3 aromatic carbocycles. The summed E-state index contributed by atoms with van der Waals surface area (Å²) >= 11 is 5.99. The fourth-order valence-corrected chi connectivity index (χ4v) is 5.28. The van der Waals surface area contributed by atoms with E-state index in [1.165, 1.54) is 0 Å². The van der Waals surface area contributed by atoms with E-state index >= 15 is 0 Å². The fraction of sp³-hybridized carbons (Fsp3) is 0.0526. The molecular formula is C19H16ClO2P. The molecule has 0 aliphatic heterocycles. The molecule has 23 heavy (non-hydrogen) atoms. The van der Waals surface area contributed by atoms with Crippen LogP contribution in [0.5, 0.6) is 5.75 Å². The van der Waals surface area contributed by atoms with Crippen molar-refractivity contribution in [2.75, 3.05) is 7.11 Å². The molecule has 0 heterocycles. The van der Waals surface area contributed by atoms with E-state index in [0.717, 1.165) is 21.7 Å². The second kappa shape index (κ2) is 6.62. The number of benzene rings is 3. The summed E-state index contributed by atoms with van der Waals surface area (Å²) in [5.74, 6) is 0.740. The highest BCUT2D eigenvalue weighted by molar-refractivity contribution is 7.85. The van der Waals surface area contributed by atoms with Gasteiger partial charge in [-0.1, -0.05) is 41.9 Å². The second-order valence-corrected chi connectivity index (χ2v) is 8.32. The van der Waals surface area contributed by atoms with E-state index in [4.69, 9.17) is 16.3 Å². The first-order valence-electron chi connectivity index (χ1n) is 7.21. The lowest BCUT2D eigenvalue weighted by Crippen LogP contribution is -2.24. The smallest absolute Gasteiger partial charge is 0.171 e. The van der Waals surface area contributed by atoms with Gasteiger partial charge in [0.1, 0.15) is 5.75 Å².